The quantitative estimate of drug-likeness (QED) is 0.473. The van der Waals surface area contributed by atoms with Gasteiger partial charge in [-0.05, 0) is 58.3 Å². The van der Waals surface area contributed by atoms with Gasteiger partial charge in [0.25, 0.3) is 0 Å². The van der Waals surface area contributed by atoms with E-state index in [4.69, 9.17) is 17.4 Å². The first-order chi connectivity index (χ1) is 9.11. The summed E-state index contributed by atoms with van der Waals surface area (Å²) in [5.74, 6) is 5.14. The molecule has 2 aromatic carbocycles. The van der Waals surface area contributed by atoms with Crippen molar-refractivity contribution in [3.05, 3.63) is 68.0 Å². The van der Waals surface area contributed by atoms with Crippen LogP contribution in [0.3, 0.4) is 0 Å². The first kappa shape index (κ1) is 14.7. The molecule has 0 amide bonds. The van der Waals surface area contributed by atoms with Crippen molar-refractivity contribution in [1.29, 1.82) is 0 Å². The van der Waals surface area contributed by atoms with Crippen molar-refractivity contribution in [3.63, 3.8) is 0 Å². The Morgan fingerprint density at radius 3 is 2.53 bits per heavy atom. The molecule has 0 bridgehead atoms. The lowest BCUT2D eigenvalue weighted by atomic mass is 9.99. The first-order valence-electron chi connectivity index (χ1n) is 5.76. The fraction of sp³-hybridized carbons (Fsp3) is 0.143. The molecule has 1 unspecified atom stereocenters. The molecule has 0 spiro atoms. The van der Waals surface area contributed by atoms with Gasteiger partial charge in [-0.2, -0.15) is 0 Å². The van der Waals surface area contributed by atoms with Crippen LogP contribution in [0.4, 0.5) is 4.39 Å². The number of hydrogen-bond donors (Lipinski definition) is 2. The van der Waals surface area contributed by atoms with E-state index in [0.717, 1.165) is 5.56 Å². The molecule has 0 saturated carbocycles. The third kappa shape index (κ3) is 3.66. The maximum Gasteiger partial charge on any atom is 0.142 e. The zero-order chi connectivity index (χ0) is 13.8. The Balaban J connectivity index is 2.25. The van der Waals surface area contributed by atoms with Gasteiger partial charge in [-0.25, -0.2) is 4.39 Å². The third-order valence-corrected chi connectivity index (χ3v) is 4.03. The van der Waals surface area contributed by atoms with Crippen molar-refractivity contribution in [2.24, 2.45) is 5.84 Å². The average Bonchev–Trinajstić information content (AvgIpc) is 2.42. The highest BCUT2D eigenvalue weighted by molar-refractivity contribution is 14.1. The highest BCUT2D eigenvalue weighted by atomic mass is 127. The highest BCUT2D eigenvalue weighted by Gasteiger charge is 2.16. The second-order valence-electron chi connectivity index (χ2n) is 4.19. The predicted molar refractivity (Wildman–Crippen MR) is 84.3 cm³/mol. The summed E-state index contributed by atoms with van der Waals surface area (Å²) in [6.07, 6.45) is 0.649. The molecule has 0 heterocycles. The van der Waals surface area contributed by atoms with E-state index in [1.54, 1.807) is 12.1 Å². The molecular formula is C14H13ClFIN2. The molecule has 0 aliphatic carbocycles. The summed E-state index contributed by atoms with van der Waals surface area (Å²) in [6, 6.07) is 12.6. The maximum atomic E-state index is 13.5. The van der Waals surface area contributed by atoms with Crippen LogP contribution in [0.25, 0.3) is 0 Å². The molecule has 0 saturated heterocycles. The van der Waals surface area contributed by atoms with Crippen molar-refractivity contribution in [1.82, 2.24) is 5.43 Å². The van der Waals surface area contributed by atoms with Gasteiger partial charge < -0.3 is 0 Å². The largest absolute Gasteiger partial charge is 0.271 e. The van der Waals surface area contributed by atoms with Crippen LogP contribution in [0.1, 0.15) is 17.2 Å². The van der Waals surface area contributed by atoms with Crippen LogP contribution < -0.4 is 11.3 Å². The van der Waals surface area contributed by atoms with Gasteiger partial charge >= 0.3 is 0 Å². The van der Waals surface area contributed by atoms with Gasteiger partial charge in [-0.3, -0.25) is 11.3 Å². The Kier molecular flexibility index (Phi) is 5.15. The van der Waals surface area contributed by atoms with Crippen molar-refractivity contribution < 1.29 is 4.39 Å². The number of hydrogen-bond acceptors (Lipinski definition) is 2. The minimum atomic E-state index is -0.429. The Bertz CT molecular complexity index is 560. The Hall–Kier alpha value is -0.690. The van der Waals surface area contributed by atoms with E-state index in [2.05, 4.69) is 28.0 Å². The summed E-state index contributed by atoms with van der Waals surface area (Å²) in [6.45, 7) is 0. The first-order valence-corrected chi connectivity index (χ1v) is 7.22. The number of halogens is 3. The fourth-order valence-corrected chi connectivity index (χ4v) is 2.52. The van der Waals surface area contributed by atoms with Gasteiger partial charge in [0.15, 0.2) is 0 Å². The second-order valence-corrected chi connectivity index (χ2v) is 5.82. The lowest BCUT2D eigenvalue weighted by molar-refractivity contribution is 0.545. The molecule has 3 N–H and O–H groups in total. The number of benzene rings is 2. The van der Waals surface area contributed by atoms with E-state index in [0.29, 0.717) is 12.0 Å². The summed E-state index contributed by atoms with van der Waals surface area (Å²) in [5.41, 5.74) is 4.48. The summed E-state index contributed by atoms with van der Waals surface area (Å²) in [7, 11) is 0. The molecule has 19 heavy (non-hydrogen) atoms. The minimum Gasteiger partial charge on any atom is -0.271 e. The van der Waals surface area contributed by atoms with Crippen molar-refractivity contribution in [2.45, 2.75) is 12.5 Å². The van der Waals surface area contributed by atoms with Gasteiger partial charge in [0.05, 0.1) is 11.1 Å². The van der Waals surface area contributed by atoms with E-state index in [1.807, 2.05) is 24.3 Å². The summed E-state index contributed by atoms with van der Waals surface area (Å²) in [5, 5.41) is 0.121. The van der Waals surface area contributed by atoms with Crippen molar-refractivity contribution in [2.75, 3.05) is 0 Å². The molecule has 0 radical (unpaired) electrons. The zero-order valence-electron chi connectivity index (χ0n) is 10.0. The zero-order valence-corrected chi connectivity index (χ0v) is 13.0. The molecule has 0 fully saturated rings. The molecule has 5 heteroatoms. The van der Waals surface area contributed by atoms with Crippen molar-refractivity contribution in [3.8, 4) is 0 Å². The normalized spacial score (nSPS) is 12.4. The molecular weight excluding hydrogens is 378 g/mol. The number of rotatable bonds is 4. The Morgan fingerprint density at radius 2 is 1.89 bits per heavy atom. The van der Waals surface area contributed by atoms with E-state index < -0.39 is 5.82 Å². The lowest BCUT2D eigenvalue weighted by Crippen LogP contribution is -2.30. The Morgan fingerprint density at radius 1 is 1.21 bits per heavy atom. The van der Waals surface area contributed by atoms with E-state index in [9.17, 15) is 4.39 Å². The van der Waals surface area contributed by atoms with E-state index in [1.165, 1.54) is 9.64 Å². The smallest absolute Gasteiger partial charge is 0.142 e. The molecule has 100 valence electrons. The molecule has 1 atom stereocenters. The molecule has 2 nitrogen and oxygen atoms in total. The second kappa shape index (κ2) is 6.65. The monoisotopic (exact) mass is 390 g/mol. The molecule has 2 rings (SSSR count). The molecule has 0 aliphatic rings. The topological polar surface area (TPSA) is 38.0 Å². The van der Waals surface area contributed by atoms with Crippen LogP contribution in [0, 0.1) is 9.39 Å². The lowest BCUT2D eigenvalue weighted by Gasteiger charge is -2.18. The molecule has 0 aliphatic heterocycles. The van der Waals surface area contributed by atoms with Crippen LogP contribution in [0.15, 0.2) is 42.5 Å². The van der Waals surface area contributed by atoms with E-state index >= 15 is 0 Å². The van der Waals surface area contributed by atoms with Gasteiger partial charge in [0, 0.05) is 3.57 Å². The fourth-order valence-electron chi connectivity index (χ4n) is 1.90. The number of hydrazine groups is 1. The van der Waals surface area contributed by atoms with Gasteiger partial charge in [0.1, 0.15) is 5.82 Å². The van der Waals surface area contributed by atoms with Gasteiger partial charge in [-0.15, -0.1) is 0 Å². The Labute approximate surface area is 130 Å². The summed E-state index contributed by atoms with van der Waals surface area (Å²) >= 11 is 8.24. The number of nitrogens with two attached hydrogens (primary N) is 1. The minimum absolute atomic E-state index is 0.121. The van der Waals surface area contributed by atoms with E-state index in [-0.39, 0.29) is 11.1 Å². The standard InChI is InChI=1S/C14H13ClFIN2/c15-14-11(2-1-3-12(14)16)13(19-18)8-9-4-6-10(17)7-5-9/h1-7,13,19H,8,18H2. The van der Waals surface area contributed by atoms with Gasteiger partial charge in [-0.1, -0.05) is 35.9 Å². The maximum absolute atomic E-state index is 13.5. The summed E-state index contributed by atoms with van der Waals surface area (Å²) < 4.78 is 14.6. The highest BCUT2D eigenvalue weighted by Crippen LogP contribution is 2.27. The SMILES string of the molecule is NNC(Cc1ccc(I)cc1)c1cccc(F)c1Cl. The van der Waals surface area contributed by atoms with Crippen LogP contribution in [-0.4, -0.2) is 0 Å². The summed E-state index contributed by atoms with van der Waals surface area (Å²) in [4.78, 5) is 0. The van der Waals surface area contributed by atoms with Crippen LogP contribution in [-0.2, 0) is 6.42 Å². The average molecular weight is 391 g/mol. The van der Waals surface area contributed by atoms with Gasteiger partial charge in [0.2, 0.25) is 0 Å². The van der Waals surface area contributed by atoms with Crippen molar-refractivity contribution >= 4 is 34.2 Å². The predicted octanol–water partition coefficient (Wildman–Crippen LogP) is 3.83. The molecule has 0 aromatic heterocycles. The third-order valence-electron chi connectivity index (χ3n) is 2.91. The van der Waals surface area contributed by atoms with Crippen LogP contribution in [0.5, 0.6) is 0 Å². The van der Waals surface area contributed by atoms with Crippen LogP contribution >= 0.6 is 34.2 Å². The molecule has 2 aromatic rings. The number of nitrogens with one attached hydrogen (secondary N) is 1. The van der Waals surface area contributed by atoms with Crippen LogP contribution in [0.2, 0.25) is 5.02 Å².